The molecule has 0 aliphatic rings. The minimum Gasteiger partial charge on any atom is -0.497 e. The maximum Gasteiger partial charge on any atom is 0.465 e. The molecule has 0 amide bonds. The molecule has 4 nitrogen and oxygen atoms in total. The molecule has 0 saturated carbocycles. The summed E-state index contributed by atoms with van der Waals surface area (Å²) in [4.78, 5) is 21.5. The van der Waals surface area contributed by atoms with Crippen molar-refractivity contribution in [2.45, 2.75) is 12.1 Å². The maximum atomic E-state index is 12.7. The van der Waals surface area contributed by atoms with E-state index < -0.39 is 29.4 Å². The van der Waals surface area contributed by atoms with Crippen LogP contribution < -0.4 is 9.47 Å². The number of ether oxygens (including phenoxy) is 2. The Morgan fingerprint density at radius 1 is 1.20 bits per heavy atom. The molecule has 0 unspecified atom stereocenters. The van der Waals surface area contributed by atoms with Crippen LogP contribution in [0.2, 0.25) is 0 Å². The van der Waals surface area contributed by atoms with Gasteiger partial charge in [-0.05, 0) is 18.2 Å². The minimum absolute atomic E-state index is 0.122. The lowest BCUT2D eigenvalue weighted by molar-refractivity contribution is -0.276. The van der Waals surface area contributed by atoms with Crippen LogP contribution in [0, 0.1) is 0 Å². The van der Waals surface area contributed by atoms with Crippen molar-refractivity contribution >= 4 is 12.3 Å². The fourth-order valence-corrected chi connectivity index (χ4v) is 1.12. The number of esters is 1. The Hall–Kier alpha value is -2.19. The van der Waals surface area contributed by atoms with Gasteiger partial charge in [0.2, 0.25) is 0 Å². The van der Waals surface area contributed by atoms with Gasteiger partial charge in [0.1, 0.15) is 11.5 Å². The summed E-state index contributed by atoms with van der Waals surface area (Å²) in [5, 5.41) is 0. The first-order valence-electron chi connectivity index (χ1n) is 4.93. The minimum atomic E-state index is -6.09. The van der Waals surface area contributed by atoms with E-state index in [9.17, 15) is 31.5 Å². The van der Waals surface area contributed by atoms with Gasteiger partial charge in [0.25, 0.3) is 0 Å². The maximum absolute atomic E-state index is 12.7. The number of alkyl halides is 5. The molecule has 1 rings (SSSR count). The third kappa shape index (κ3) is 3.03. The van der Waals surface area contributed by atoms with Crippen molar-refractivity contribution in [1.29, 1.82) is 0 Å². The van der Waals surface area contributed by atoms with Crippen LogP contribution in [0.1, 0.15) is 10.4 Å². The Morgan fingerprint density at radius 3 is 2.25 bits per heavy atom. The van der Waals surface area contributed by atoms with Gasteiger partial charge >= 0.3 is 18.1 Å². The molecule has 1 aromatic carbocycles. The molecule has 9 heteroatoms. The van der Waals surface area contributed by atoms with Crippen molar-refractivity contribution in [2.75, 3.05) is 7.11 Å². The van der Waals surface area contributed by atoms with Gasteiger partial charge in [0.15, 0.2) is 6.29 Å². The van der Waals surface area contributed by atoms with Crippen molar-refractivity contribution in [3.63, 3.8) is 0 Å². The first-order valence-corrected chi connectivity index (χ1v) is 4.93. The number of carbonyl (C=O) groups is 2. The summed E-state index contributed by atoms with van der Waals surface area (Å²) >= 11 is 0. The molecule has 0 radical (unpaired) electrons. The van der Waals surface area contributed by atoms with E-state index in [1.807, 2.05) is 0 Å². The zero-order valence-electron chi connectivity index (χ0n) is 9.83. The SMILES string of the molecule is COc1ccc(OC(=O)C(F)(F)C(F)(F)F)c(C=O)c1. The predicted octanol–water partition coefficient (Wildman–Crippen LogP) is 2.61. The van der Waals surface area contributed by atoms with Gasteiger partial charge in [-0.2, -0.15) is 22.0 Å². The summed E-state index contributed by atoms with van der Waals surface area (Å²) in [5.74, 6) is -9.09. The van der Waals surface area contributed by atoms with Crippen LogP contribution in [0.3, 0.4) is 0 Å². The molecule has 0 aromatic heterocycles. The predicted molar refractivity (Wildman–Crippen MR) is 55.0 cm³/mol. The van der Waals surface area contributed by atoms with E-state index in [1.54, 1.807) is 0 Å². The van der Waals surface area contributed by atoms with Gasteiger partial charge in [-0.1, -0.05) is 0 Å². The van der Waals surface area contributed by atoms with Crippen LogP contribution in [0.15, 0.2) is 18.2 Å². The number of carbonyl (C=O) groups excluding carboxylic acids is 2. The normalized spacial score (nSPS) is 11.9. The van der Waals surface area contributed by atoms with Crippen LogP contribution >= 0.6 is 0 Å². The number of rotatable bonds is 4. The summed E-state index contributed by atoms with van der Waals surface area (Å²) < 4.78 is 69.8. The molecular formula is C11H7F5O4. The molecule has 0 aliphatic carbocycles. The van der Waals surface area contributed by atoms with Crippen molar-refractivity contribution in [3.8, 4) is 11.5 Å². The Kier molecular flexibility index (Phi) is 4.31. The lowest BCUT2D eigenvalue weighted by Gasteiger charge is -2.18. The first-order chi connectivity index (χ1) is 9.13. The molecule has 0 N–H and O–H groups in total. The van der Waals surface area contributed by atoms with Gasteiger partial charge in [0.05, 0.1) is 12.7 Å². The lowest BCUT2D eigenvalue weighted by Crippen LogP contribution is -2.46. The van der Waals surface area contributed by atoms with Crippen LogP contribution in [-0.2, 0) is 4.79 Å². The van der Waals surface area contributed by atoms with E-state index in [-0.39, 0.29) is 12.0 Å². The molecule has 0 atom stereocenters. The van der Waals surface area contributed by atoms with Crippen LogP contribution in [-0.4, -0.2) is 31.5 Å². The van der Waals surface area contributed by atoms with Crippen molar-refractivity contribution in [3.05, 3.63) is 23.8 Å². The van der Waals surface area contributed by atoms with Gasteiger partial charge in [-0.15, -0.1) is 0 Å². The standard InChI is InChI=1S/C11H7F5O4/c1-19-7-2-3-8(6(4-7)5-17)20-9(18)10(12,13)11(14,15)16/h2-5H,1H3. The fraction of sp³-hybridized carbons (Fsp3) is 0.273. The zero-order chi connectivity index (χ0) is 15.6. The average molecular weight is 298 g/mol. The first kappa shape index (κ1) is 15.9. The van der Waals surface area contributed by atoms with Crippen LogP contribution in [0.5, 0.6) is 11.5 Å². The molecular weight excluding hydrogens is 291 g/mol. The Morgan fingerprint density at radius 2 is 1.80 bits per heavy atom. The number of benzene rings is 1. The third-order valence-electron chi connectivity index (χ3n) is 2.16. The molecule has 1 aromatic rings. The summed E-state index contributed by atoms with van der Waals surface area (Å²) in [6, 6.07) is 3.01. The van der Waals surface area contributed by atoms with E-state index in [4.69, 9.17) is 4.74 Å². The number of hydrogen-bond donors (Lipinski definition) is 0. The van der Waals surface area contributed by atoms with Gasteiger partial charge in [-0.25, -0.2) is 4.79 Å². The highest BCUT2D eigenvalue weighted by molar-refractivity contribution is 5.85. The van der Waals surface area contributed by atoms with E-state index in [0.29, 0.717) is 0 Å². The van der Waals surface area contributed by atoms with E-state index >= 15 is 0 Å². The number of methoxy groups -OCH3 is 1. The third-order valence-corrected chi connectivity index (χ3v) is 2.16. The van der Waals surface area contributed by atoms with Crippen molar-refractivity contribution in [2.24, 2.45) is 0 Å². The second-order valence-corrected chi connectivity index (χ2v) is 3.48. The molecule has 0 saturated heterocycles. The average Bonchev–Trinajstić information content (AvgIpc) is 2.37. The quantitative estimate of drug-likeness (QED) is 0.371. The largest absolute Gasteiger partial charge is 0.497 e. The molecule has 0 aliphatic heterocycles. The number of hydrogen-bond acceptors (Lipinski definition) is 4. The summed E-state index contributed by atoms with van der Waals surface area (Å²) in [7, 11) is 1.24. The highest BCUT2D eigenvalue weighted by Gasteiger charge is 2.65. The molecule has 110 valence electrons. The van der Waals surface area contributed by atoms with Gasteiger partial charge in [0, 0.05) is 0 Å². The van der Waals surface area contributed by atoms with Gasteiger partial charge in [-0.3, -0.25) is 4.79 Å². The lowest BCUT2D eigenvalue weighted by atomic mass is 10.2. The Labute approximate surface area is 109 Å². The second-order valence-electron chi connectivity index (χ2n) is 3.48. The Balaban J connectivity index is 3.05. The van der Waals surface area contributed by atoms with E-state index in [0.717, 1.165) is 18.2 Å². The summed E-state index contributed by atoms with van der Waals surface area (Å²) in [5.41, 5.74) is -0.407. The summed E-state index contributed by atoms with van der Waals surface area (Å²) in [6.07, 6.45) is -5.96. The topological polar surface area (TPSA) is 52.6 Å². The van der Waals surface area contributed by atoms with E-state index in [1.165, 1.54) is 7.11 Å². The fourth-order valence-electron chi connectivity index (χ4n) is 1.12. The monoisotopic (exact) mass is 298 g/mol. The molecule has 0 spiro atoms. The van der Waals surface area contributed by atoms with Crippen LogP contribution in [0.4, 0.5) is 22.0 Å². The van der Waals surface area contributed by atoms with Crippen molar-refractivity contribution in [1.82, 2.24) is 0 Å². The summed E-state index contributed by atoms with van der Waals surface area (Å²) in [6.45, 7) is 0. The highest BCUT2D eigenvalue weighted by atomic mass is 19.4. The molecule has 0 fully saturated rings. The van der Waals surface area contributed by atoms with Crippen LogP contribution in [0.25, 0.3) is 0 Å². The smallest absolute Gasteiger partial charge is 0.465 e. The zero-order valence-corrected chi connectivity index (χ0v) is 9.83. The van der Waals surface area contributed by atoms with E-state index in [2.05, 4.69) is 4.74 Å². The van der Waals surface area contributed by atoms with Gasteiger partial charge < -0.3 is 9.47 Å². The number of aldehydes is 1. The van der Waals surface area contributed by atoms with Crippen molar-refractivity contribution < 1.29 is 41.0 Å². The highest BCUT2D eigenvalue weighted by Crippen LogP contribution is 2.37. The number of halogens is 5. The molecule has 20 heavy (non-hydrogen) atoms. The molecule has 0 bridgehead atoms. The molecule has 0 heterocycles. The second kappa shape index (κ2) is 5.43. The Bertz CT molecular complexity index is 524.